The van der Waals surface area contributed by atoms with Crippen molar-refractivity contribution in [2.24, 2.45) is 0 Å². The predicted molar refractivity (Wildman–Crippen MR) is 307 cm³/mol. The molecule has 1 atom stereocenters. The predicted octanol–water partition coefficient (Wildman–Crippen LogP) is 19.9. The summed E-state index contributed by atoms with van der Waals surface area (Å²) in [6, 6.07) is 0. The van der Waals surface area contributed by atoms with E-state index in [-0.39, 0.29) is 31.1 Å². The van der Waals surface area contributed by atoms with E-state index in [9.17, 15) is 14.4 Å². The number of carbonyl (C=O) groups excluding carboxylic acids is 3. The van der Waals surface area contributed by atoms with Crippen LogP contribution in [0.15, 0.2) is 109 Å². The summed E-state index contributed by atoms with van der Waals surface area (Å²) in [5.74, 6) is -0.932. The van der Waals surface area contributed by atoms with Crippen LogP contribution in [0.4, 0.5) is 0 Å². The van der Waals surface area contributed by atoms with Gasteiger partial charge >= 0.3 is 17.9 Å². The summed E-state index contributed by atoms with van der Waals surface area (Å²) in [6.07, 6.45) is 79.2. The van der Waals surface area contributed by atoms with Crippen LogP contribution in [0.2, 0.25) is 0 Å². The standard InChI is InChI=1S/C65H108O6/c1-4-7-10-13-16-19-22-25-28-31-33-35-37-40-43-46-49-52-55-58-64(67)70-61-62(60-69-63(66)57-54-51-48-45-42-39-36-30-27-24-21-18-15-12-9-6-3)71-65(68)59-56-53-50-47-44-41-38-34-32-29-26-23-20-17-14-11-8-5-2/h9,12,16-23,25-27,29-30,32,34,38,62H,4-8,10-11,13-15,24,28,31,33,35-37,39-61H2,1-3H3/b12-9-,19-16-,20-17-,21-18-,25-22-,26-23-,30-27-,32-29-,38-34-. The van der Waals surface area contributed by atoms with Crippen molar-refractivity contribution in [1.29, 1.82) is 0 Å². The highest BCUT2D eigenvalue weighted by Gasteiger charge is 2.19. The first-order valence-electron chi connectivity index (χ1n) is 29.5. The summed E-state index contributed by atoms with van der Waals surface area (Å²) in [7, 11) is 0. The second-order valence-electron chi connectivity index (χ2n) is 19.3. The molecule has 0 aromatic carbocycles. The second kappa shape index (κ2) is 58.6. The number of ether oxygens (including phenoxy) is 3. The van der Waals surface area contributed by atoms with E-state index in [1.54, 1.807) is 0 Å². The van der Waals surface area contributed by atoms with Gasteiger partial charge in [0.1, 0.15) is 13.2 Å². The van der Waals surface area contributed by atoms with Crippen molar-refractivity contribution in [2.75, 3.05) is 13.2 Å². The van der Waals surface area contributed by atoms with Gasteiger partial charge in [0.15, 0.2) is 6.10 Å². The van der Waals surface area contributed by atoms with Crippen LogP contribution in [0.1, 0.15) is 265 Å². The van der Waals surface area contributed by atoms with Crippen molar-refractivity contribution in [3.63, 3.8) is 0 Å². The van der Waals surface area contributed by atoms with Gasteiger partial charge < -0.3 is 14.2 Å². The topological polar surface area (TPSA) is 78.9 Å². The zero-order chi connectivity index (χ0) is 51.4. The maximum atomic E-state index is 12.9. The monoisotopic (exact) mass is 985 g/mol. The molecule has 0 radical (unpaired) electrons. The van der Waals surface area contributed by atoms with Gasteiger partial charge in [-0.1, -0.05) is 252 Å². The Balaban J connectivity index is 4.47. The molecule has 404 valence electrons. The average Bonchev–Trinajstić information content (AvgIpc) is 3.37. The smallest absolute Gasteiger partial charge is 0.306 e. The summed E-state index contributed by atoms with van der Waals surface area (Å²) in [5, 5.41) is 0. The van der Waals surface area contributed by atoms with Gasteiger partial charge in [0, 0.05) is 19.3 Å². The van der Waals surface area contributed by atoms with Crippen LogP contribution in [-0.2, 0) is 28.6 Å². The fraction of sp³-hybridized carbons (Fsp3) is 0.677. The molecule has 0 aliphatic rings. The minimum absolute atomic E-state index is 0.0952. The van der Waals surface area contributed by atoms with Crippen LogP contribution in [0.3, 0.4) is 0 Å². The maximum Gasteiger partial charge on any atom is 0.306 e. The number of carbonyl (C=O) groups is 3. The Morgan fingerprint density at radius 3 is 1.00 bits per heavy atom. The zero-order valence-corrected chi connectivity index (χ0v) is 46.2. The largest absolute Gasteiger partial charge is 0.462 e. The number of esters is 3. The fourth-order valence-electron chi connectivity index (χ4n) is 7.93. The van der Waals surface area contributed by atoms with Crippen LogP contribution < -0.4 is 0 Å². The van der Waals surface area contributed by atoms with Crippen LogP contribution in [0.5, 0.6) is 0 Å². The molecule has 6 heteroatoms. The normalized spacial score (nSPS) is 12.9. The van der Waals surface area contributed by atoms with Crippen molar-refractivity contribution in [2.45, 2.75) is 271 Å². The van der Waals surface area contributed by atoms with Crippen molar-refractivity contribution in [3.8, 4) is 0 Å². The summed E-state index contributed by atoms with van der Waals surface area (Å²) >= 11 is 0. The molecule has 1 unspecified atom stereocenters. The Morgan fingerprint density at radius 2 is 0.606 bits per heavy atom. The van der Waals surface area contributed by atoms with Crippen molar-refractivity contribution in [1.82, 2.24) is 0 Å². The summed E-state index contributed by atoms with van der Waals surface area (Å²) in [4.78, 5) is 38.2. The van der Waals surface area contributed by atoms with Gasteiger partial charge in [0.2, 0.25) is 0 Å². The molecular weight excluding hydrogens is 877 g/mol. The first-order valence-corrected chi connectivity index (χ1v) is 29.5. The molecule has 0 aromatic rings. The summed E-state index contributed by atoms with van der Waals surface area (Å²) in [5.41, 5.74) is 0. The highest BCUT2D eigenvalue weighted by atomic mass is 16.6. The molecule has 0 aromatic heterocycles. The molecule has 0 rings (SSSR count). The quantitative estimate of drug-likeness (QED) is 0.0199. The van der Waals surface area contributed by atoms with Crippen molar-refractivity contribution >= 4 is 17.9 Å². The van der Waals surface area contributed by atoms with Crippen LogP contribution in [0.25, 0.3) is 0 Å². The van der Waals surface area contributed by atoms with Gasteiger partial charge in [0.25, 0.3) is 0 Å². The van der Waals surface area contributed by atoms with Gasteiger partial charge in [-0.3, -0.25) is 14.4 Å². The Kier molecular flexibility index (Phi) is 55.4. The lowest BCUT2D eigenvalue weighted by Crippen LogP contribution is -2.30. The number of rotatable bonds is 52. The number of allylic oxidation sites excluding steroid dienone is 18. The van der Waals surface area contributed by atoms with Crippen molar-refractivity contribution < 1.29 is 28.6 Å². The van der Waals surface area contributed by atoms with E-state index >= 15 is 0 Å². The zero-order valence-electron chi connectivity index (χ0n) is 46.2. The van der Waals surface area contributed by atoms with Gasteiger partial charge in [0.05, 0.1) is 0 Å². The van der Waals surface area contributed by atoms with Gasteiger partial charge in [-0.25, -0.2) is 0 Å². The maximum absolute atomic E-state index is 12.9. The number of unbranched alkanes of at least 4 members (excludes halogenated alkanes) is 27. The van der Waals surface area contributed by atoms with Crippen LogP contribution >= 0.6 is 0 Å². The number of hydrogen-bond donors (Lipinski definition) is 0. The van der Waals surface area contributed by atoms with E-state index in [0.717, 1.165) is 116 Å². The van der Waals surface area contributed by atoms with Crippen LogP contribution in [0, 0.1) is 0 Å². The second-order valence-corrected chi connectivity index (χ2v) is 19.3. The molecule has 0 N–H and O–H groups in total. The highest BCUT2D eigenvalue weighted by molar-refractivity contribution is 5.71. The Morgan fingerprint density at radius 1 is 0.310 bits per heavy atom. The minimum Gasteiger partial charge on any atom is -0.462 e. The third-order valence-electron chi connectivity index (χ3n) is 12.4. The van der Waals surface area contributed by atoms with E-state index < -0.39 is 6.10 Å². The summed E-state index contributed by atoms with van der Waals surface area (Å²) in [6.45, 7) is 6.44. The average molecular weight is 986 g/mol. The first-order chi connectivity index (χ1) is 35.0. The lowest BCUT2D eigenvalue weighted by Gasteiger charge is -2.18. The van der Waals surface area contributed by atoms with Crippen LogP contribution in [-0.4, -0.2) is 37.2 Å². The molecule has 0 bridgehead atoms. The molecule has 0 amide bonds. The Labute approximate surface area is 438 Å². The Hall–Kier alpha value is -3.93. The lowest BCUT2D eigenvalue weighted by atomic mass is 10.1. The fourth-order valence-corrected chi connectivity index (χ4v) is 7.93. The van der Waals surface area contributed by atoms with E-state index in [4.69, 9.17) is 14.2 Å². The lowest BCUT2D eigenvalue weighted by molar-refractivity contribution is -0.167. The molecule has 0 aliphatic carbocycles. The van der Waals surface area contributed by atoms with Gasteiger partial charge in [-0.15, -0.1) is 0 Å². The van der Waals surface area contributed by atoms with E-state index in [1.165, 1.54) is 109 Å². The van der Waals surface area contributed by atoms with Gasteiger partial charge in [-0.05, 0) is 103 Å². The molecule has 0 aliphatic heterocycles. The van der Waals surface area contributed by atoms with E-state index in [1.807, 2.05) is 0 Å². The van der Waals surface area contributed by atoms with Gasteiger partial charge in [-0.2, -0.15) is 0 Å². The molecule has 71 heavy (non-hydrogen) atoms. The number of hydrogen-bond acceptors (Lipinski definition) is 6. The molecule has 0 spiro atoms. The third kappa shape index (κ3) is 56.9. The highest BCUT2D eigenvalue weighted by Crippen LogP contribution is 2.15. The molecule has 0 saturated heterocycles. The minimum atomic E-state index is -0.800. The molecule has 0 fully saturated rings. The van der Waals surface area contributed by atoms with E-state index in [2.05, 4.69) is 130 Å². The Bertz CT molecular complexity index is 1460. The molecular formula is C65H108O6. The molecule has 6 nitrogen and oxygen atoms in total. The molecule has 0 saturated carbocycles. The third-order valence-corrected chi connectivity index (χ3v) is 12.4. The summed E-state index contributed by atoms with van der Waals surface area (Å²) < 4.78 is 16.9. The van der Waals surface area contributed by atoms with E-state index in [0.29, 0.717) is 19.3 Å². The first kappa shape index (κ1) is 67.1. The molecule has 0 heterocycles. The van der Waals surface area contributed by atoms with Crippen molar-refractivity contribution in [3.05, 3.63) is 109 Å². The SMILES string of the molecule is CC/C=C\C/C=C\C/C=C\CCCCCCCCC(=O)OCC(COC(=O)CCCCCCCCCCCC/C=C\C=C/CCCCC)OC(=O)CCCCCCC\C=C/C=C\C=C/C=C\CCCCC.